The van der Waals surface area contributed by atoms with Gasteiger partial charge in [-0.15, -0.1) is 0 Å². The van der Waals surface area contributed by atoms with E-state index in [1.165, 1.54) is 12.1 Å². The quantitative estimate of drug-likeness (QED) is 0.286. The second-order valence-electron chi connectivity index (χ2n) is 9.62. The van der Waals surface area contributed by atoms with E-state index in [-0.39, 0.29) is 22.6 Å². The number of nitrogens with one attached hydrogen (secondary N) is 1. The predicted molar refractivity (Wildman–Crippen MR) is 150 cm³/mol. The van der Waals surface area contributed by atoms with Crippen molar-refractivity contribution in [3.8, 4) is 28.6 Å². The van der Waals surface area contributed by atoms with Gasteiger partial charge in [-0.2, -0.15) is 8.42 Å². The summed E-state index contributed by atoms with van der Waals surface area (Å²) in [4.78, 5) is 22.0. The first-order valence-electron chi connectivity index (χ1n) is 12.5. The summed E-state index contributed by atoms with van der Waals surface area (Å²) >= 11 is 0. The minimum atomic E-state index is -4.23. The number of ether oxygens (including phenoxy) is 2. The van der Waals surface area contributed by atoms with Crippen LogP contribution in [0.25, 0.3) is 11.3 Å². The molecule has 0 saturated carbocycles. The molecule has 9 heteroatoms. The summed E-state index contributed by atoms with van der Waals surface area (Å²) in [5, 5.41) is -0.253. The van der Waals surface area contributed by atoms with E-state index >= 15 is 0 Å². The molecule has 4 aromatic rings. The topological polar surface area (TPSA) is 107 Å². The van der Waals surface area contributed by atoms with Crippen LogP contribution in [0.3, 0.4) is 0 Å². The van der Waals surface area contributed by atoms with Gasteiger partial charge in [0.1, 0.15) is 17.1 Å². The van der Waals surface area contributed by atoms with Crippen LogP contribution in [0.5, 0.6) is 17.4 Å². The van der Waals surface area contributed by atoms with E-state index in [1.54, 1.807) is 25.1 Å². The average molecular weight is 546 g/mol. The molecule has 0 bridgehead atoms. The number of aryl methyl sites for hydroxylation is 4. The maximum atomic E-state index is 13.3. The van der Waals surface area contributed by atoms with Crippen molar-refractivity contribution >= 4 is 15.9 Å². The number of carbonyl (C=O) groups is 1. The lowest BCUT2D eigenvalue weighted by Crippen LogP contribution is -2.31. The number of carbonyl (C=O) groups excluding carboxylic acids is 1. The summed E-state index contributed by atoms with van der Waals surface area (Å²) in [7, 11) is -4.23. The Morgan fingerprint density at radius 3 is 2.15 bits per heavy atom. The van der Waals surface area contributed by atoms with Crippen LogP contribution in [-0.2, 0) is 10.0 Å². The Balaban J connectivity index is 1.74. The van der Waals surface area contributed by atoms with Crippen molar-refractivity contribution in [2.75, 3.05) is 0 Å². The zero-order valence-electron chi connectivity index (χ0n) is 22.8. The van der Waals surface area contributed by atoms with Crippen molar-refractivity contribution < 1.29 is 22.7 Å². The SMILES string of the molecule is Cc1cc(C)c(Oc2nc(-c3ccc(OC(C)C)cc3)ccc2C(=O)NS(=O)(=O)c2cccc(C)n2)c(C)c1. The lowest BCUT2D eigenvalue weighted by molar-refractivity contribution is 0.0978. The van der Waals surface area contributed by atoms with Crippen molar-refractivity contribution in [3.63, 3.8) is 0 Å². The monoisotopic (exact) mass is 545 g/mol. The summed E-state index contributed by atoms with van der Waals surface area (Å²) < 4.78 is 39.9. The molecule has 1 amide bonds. The number of sulfonamides is 1. The summed E-state index contributed by atoms with van der Waals surface area (Å²) in [6.45, 7) is 11.4. The molecule has 0 aliphatic heterocycles. The van der Waals surface area contributed by atoms with Crippen LogP contribution in [0.1, 0.15) is 46.6 Å². The van der Waals surface area contributed by atoms with Gasteiger partial charge in [0, 0.05) is 11.3 Å². The Kier molecular flexibility index (Phi) is 8.01. The van der Waals surface area contributed by atoms with Crippen LogP contribution in [-0.4, -0.2) is 30.4 Å². The van der Waals surface area contributed by atoms with Crippen LogP contribution >= 0.6 is 0 Å². The number of rotatable bonds is 8. The number of hydrogen-bond acceptors (Lipinski definition) is 7. The van der Waals surface area contributed by atoms with Crippen LogP contribution in [0.15, 0.2) is 71.8 Å². The van der Waals surface area contributed by atoms with E-state index in [9.17, 15) is 13.2 Å². The van der Waals surface area contributed by atoms with E-state index < -0.39 is 15.9 Å². The molecule has 4 rings (SSSR count). The smallest absolute Gasteiger partial charge is 0.281 e. The maximum Gasteiger partial charge on any atom is 0.281 e. The normalized spacial score (nSPS) is 11.4. The van der Waals surface area contributed by atoms with Crippen molar-refractivity contribution in [1.82, 2.24) is 14.7 Å². The Morgan fingerprint density at radius 2 is 1.54 bits per heavy atom. The molecule has 2 heterocycles. The number of aromatic nitrogens is 2. The summed E-state index contributed by atoms with van der Waals surface area (Å²) in [5.41, 5.74) is 4.58. The predicted octanol–water partition coefficient (Wildman–Crippen LogP) is 6.08. The number of benzene rings is 2. The standard InChI is InChI=1S/C30H31N3O5S/c1-18(2)37-24-12-10-23(11-13-24)26-15-14-25(29(34)33-39(35,36)27-9-7-8-22(6)31-27)30(32-26)38-28-20(4)16-19(3)17-21(28)5/h7-18H,1-6H3,(H,33,34). The van der Waals surface area contributed by atoms with Crippen molar-refractivity contribution in [3.05, 3.63) is 94.7 Å². The molecule has 0 saturated heterocycles. The summed E-state index contributed by atoms with van der Waals surface area (Å²) in [6, 6.07) is 19.0. The van der Waals surface area contributed by atoms with E-state index in [2.05, 4.69) is 14.7 Å². The fourth-order valence-corrected chi connectivity index (χ4v) is 5.13. The maximum absolute atomic E-state index is 13.3. The van der Waals surface area contributed by atoms with Crippen LogP contribution in [0, 0.1) is 27.7 Å². The first-order chi connectivity index (χ1) is 18.4. The highest BCUT2D eigenvalue weighted by molar-refractivity contribution is 7.90. The minimum absolute atomic E-state index is 0.0186. The first kappa shape index (κ1) is 27.8. The molecule has 39 heavy (non-hydrogen) atoms. The van der Waals surface area contributed by atoms with Crippen molar-refractivity contribution in [1.29, 1.82) is 0 Å². The van der Waals surface area contributed by atoms with Gasteiger partial charge in [-0.3, -0.25) is 4.79 Å². The molecule has 0 atom stereocenters. The molecule has 0 fully saturated rings. The zero-order chi connectivity index (χ0) is 28.3. The highest BCUT2D eigenvalue weighted by atomic mass is 32.2. The minimum Gasteiger partial charge on any atom is -0.491 e. The van der Waals surface area contributed by atoms with Gasteiger partial charge in [-0.05, 0) is 101 Å². The first-order valence-corrected chi connectivity index (χ1v) is 14.0. The fourth-order valence-electron chi connectivity index (χ4n) is 4.15. The molecule has 2 aromatic heterocycles. The summed E-state index contributed by atoms with van der Waals surface area (Å²) in [6.07, 6.45) is 0.0408. The average Bonchev–Trinajstić information content (AvgIpc) is 2.86. The molecular weight excluding hydrogens is 514 g/mol. The molecule has 0 aliphatic carbocycles. The lowest BCUT2D eigenvalue weighted by atomic mass is 10.1. The molecule has 0 unspecified atom stereocenters. The molecular formula is C30H31N3O5S. The Bertz CT molecular complexity index is 1610. The van der Waals surface area contributed by atoms with Crippen molar-refractivity contribution in [2.45, 2.75) is 52.7 Å². The lowest BCUT2D eigenvalue weighted by Gasteiger charge is -2.16. The molecule has 8 nitrogen and oxygen atoms in total. The Morgan fingerprint density at radius 1 is 0.872 bits per heavy atom. The van der Waals surface area contributed by atoms with Gasteiger partial charge in [0.25, 0.3) is 15.9 Å². The second-order valence-corrected chi connectivity index (χ2v) is 11.3. The number of nitrogens with zero attached hydrogens (tertiary/aromatic N) is 2. The van der Waals surface area contributed by atoms with E-state index in [0.29, 0.717) is 17.1 Å². The highest BCUT2D eigenvalue weighted by Crippen LogP contribution is 2.33. The van der Waals surface area contributed by atoms with Gasteiger partial charge in [-0.1, -0.05) is 23.8 Å². The zero-order valence-corrected chi connectivity index (χ0v) is 23.6. The Labute approximate surface area is 229 Å². The third-order valence-corrected chi connectivity index (χ3v) is 7.03. The second kappa shape index (κ2) is 11.2. The van der Waals surface area contributed by atoms with Crippen LogP contribution in [0.2, 0.25) is 0 Å². The fraction of sp³-hybridized carbons (Fsp3) is 0.233. The van der Waals surface area contributed by atoms with E-state index in [0.717, 1.165) is 28.0 Å². The van der Waals surface area contributed by atoms with Gasteiger partial charge < -0.3 is 9.47 Å². The number of amides is 1. The third-order valence-electron chi connectivity index (χ3n) is 5.80. The molecule has 0 spiro atoms. The van der Waals surface area contributed by atoms with Gasteiger partial charge in [0.15, 0.2) is 5.03 Å². The molecule has 0 radical (unpaired) electrons. The largest absolute Gasteiger partial charge is 0.491 e. The van der Waals surface area contributed by atoms with Gasteiger partial charge in [0.05, 0.1) is 11.8 Å². The van der Waals surface area contributed by atoms with Crippen LogP contribution in [0.4, 0.5) is 0 Å². The summed E-state index contributed by atoms with van der Waals surface area (Å²) in [5.74, 6) is 0.371. The molecule has 1 N–H and O–H groups in total. The highest BCUT2D eigenvalue weighted by Gasteiger charge is 2.24. The van der Waals surface area contributed by atoms with Gasteiger partial charge in [0.2, 0.25) is 5.88 Å². The van der Waals surface area contributed by atoms with Gasteiger partial charge in [-0.25, -0.2) is 14.7 Å². The van der Waals surface area contributed by atoms with Gasteiger partial charge >= 0.3 is 0 Å². The van der Waals surface area contributed by atoms with Crippen LogP contribution < -0.4 is 14.2 Å². The molecule has 202 valence electrons. The number of hydrogen-bond donors (Lipinski definition) is 1. The molecule has 2 aromatic carbocycles. The van der Waals surface area contributed by atoms with E-state index in [1.807, 2.05) is 71.0 Å². The third kappa shape index (κ3) is 6.61. The Hall–Kier alpha value is -4.24. The molecule has 0 aliphatic rings. The van der Waals surface area contributed by atoms with E-state index in [4.69, 9.17) is 9.47 Å². The number of pyridine rings is 2. The van der Waals surface area contributed by atoms with Crippen molar-refractivity contribution in [2.24, 2.45) is 0 Å².